The second kappa shape index (κ2) is 6.88. The molecule has 1 aromatic heterocycles. The Morgan fingerprint density at radius 3 is 3.08 bits per heavy atom. The minimum absolute atomic E-state index is 0.0605. The third kappa shape index (κ3) is 3.14. The third-order valence-electron chi connectivity index (χ3n) is 5.23. The first-order valence-corrected chi connectivity index (χ1v) is 8.94. The van der Waals surface area contributed by atoms with Crippen LogP contribution in [0.4, 0.5) is 5.69 Å². The fourth-order valence-corrected chi connectivity index (χ4v) is 3.85. The highest BCUT2D eigenvalue weighted by Crippen LogP contribution is 2.29. The lowest BCUT2D eigenvalue weighted by Gasteiger charge is -2.36. The van der Waals surface area contributed by atoms with Crippen molar-refractivity contribution in [1.29, 1.82) is 0 Å². The summed E-state index contributed by atoms with van der Waals surface area (Å²) in [5.41, 5.74) is 4.71. The molecule has 25 heavy (non-hydrogen) atoms. The zero-order chi connectivity index (χ0) is 17.2. The van der Waals surface area contributed by atoms with Crippen LogP contribution in [0.25, 0.3) is 0 Å². The predicted molar refractivity (Wildman–Crippen MR) is 95.6 cm³/mol. The van der Waals surface area contributed by atoms with Crippen LogP contribution in [-0.4, -0.2) is 53.9 Å². The summed E-state index contributed by atoms with van der Waals surface area (Å²) in [6, 6.07) is 8.42. The number of hydrogen-bond acceptors (Lipinski definition) is 4. The smallest absolute Gasteiger partial charge is 0.225 e. The number of rotatable bonds is 4. The first-order chi connectivity index (χ1) is 12.2. The number of amides is 1. The number of carbonyl (C=O) groups excluding carboxylic acids is 1. The molecule has 1 unspecified atom stereocenters. The average Bonchev–Trinajstić information content (AvgIpc) is 3.26. The standard InChI is InChI=1S/C19H24N4O2/c1-14-12-20-21-19(14)17-13-25-11-10-23(17)18(24)7-9-22-8-6-15-4-2-3-5-16(15)22/h2-5,12,17H,6-11,13H2,1H3,(H,20,21). The van der Waals surface area contributed by atoms with Gasteiger partial charge in [-0.25, -0.2) is 0 Å². The predicted octanol–water partition coefficient (Wildman–Crippen LogP) is 2.07. The molecule has 1 fully saturated rings. The van der Waals surface area contributed by atoms with E-state index in [4.69, 9.17) is 4.74 Å². The van der Waals surface area contributed by atoms with Crippen LogP contribution >= 0.6 is 0 Å². The van der Waals surface area contributed by atoms with Crippen LogP contribution in [0.3, 0.4) is 0 Å². The molecular weight excluding hydrogens is 316 g/mol. The topological polar surface area (TPSA) is 61.5 Å². The lowest BCUT2D eigenvalue weighted by atomic mass is 10.1. The number of fused-ring (bicyclic) bond motifs is 1. The number of carbonyl (C=O) groups is 1. The van der Waals surface area contributed by atoms with Gasteiger partial charge in [-0.15, -0.1) is 0 Å². The summed E-state index contributed by atoms with van der Waals surface area (Å²) in [5.74, 6) is 0.187. The Labute approximate surface area is 147 Å². The van der Waals surface area contributed by atoms with E-state index in [1.54, 1.807) is 6.20 Å². The van der Waals surface area contributed by atoms with Gasteiger partial charge < -0.3 is 14.5 Å². The number of hydrogen-bond donors (Lipinski definition) is 1. The number of benzene rings is 1. The average molecular weight is 340 g/mol. The van der Waals surface area contributed by atoms with Gasteiger partial charge in [0.25, 0.3) is 0 Å². The molecule has 0 aliphatic carbocycles. The van der Waals surface area contributed by atoms with Gasteiger partial charge in [0, 0.05) is 31.7 Å². The van der Waals surface area contributed by atoms with E-state index in [9.17, 15) is 4.79 Å². The Balaban J connectivity index is 1.42. The maximum Gasteiger partial charge on any atom is 0.225 e. The number of aromatic nitrogens is 2. The fourth-order valence-electron chi connectivity index (χ4n) is 3.85. The highest BCUT2D eigenvalue weighted by Gasteiger charge is 2.31. The molecule has 1 amide bonds. The molecule has 132 valence electrons. The molecule has 1 saturated heterocycles. The normalized spacial score (nSPS) is 20.0. The molecule has 0 saturated carbocycles. The maximum atomic E-state index is 12.9. The molecule has 3 heterocycles. The van der Waals surface area contributed by atoms with Crippen molar-refractivity contribution in [3.05, 3.63) is 47.3 Å². The Hall–Kier alpha value is -2.34. The largest absolute Gasteiger partial charge is 0.377 e. The number of nitrogens with one attached hydrogen (secondary N) is 1. The van der Waals surface area contributed by atoms with Crippen LogP contribution < -0.4 is 4.90 Å². The van der Waals surface area contributed by atoms with Crippen LogP contribution in [0.2, 0.25) is 0 Å². The lowest BCUT2D eigenvalue weighted by molar-refractivity contribution is -0.140. The molecule has 0 spiro atoms. The van der Waals surface area contributed by atoms with Crippen molar-refractivity contribution < 1.29 is 9.53 Å². The number of H-pyrrole nitrogens is 1. The number of nitrogens with zero attached hydrogens (tertiary/aromatic N) is 3. The molecule has 4 rings (SSSR count). The summed E-state index contributed by atoms with van der Waals surface area (Å²) < 4.78 is 5.61. The van der Waals surface area contributed by atoms with Gasteiger partial charge in [0.2, 0.25) is 5.91 Å². The Morgan fingerprint density at radius 1 is 1.36 bits per heavy atom. The summed E-state index contributed by atoms with van der Waals surface area (Å²) in [6.45, 7) is 5.54. The first-order valence-electron chi connectivity index (χ1n) is 8.94. The van der Waals surface area contributed by atoms with Gasteiger partial charge >= 0.3 is 0 Å². The molecule has 1 N–H and O–H groups in total. The molecule has 0 bridgehead atoms. The van der Waals surface area contributed by atoms with E-state index in [0.717, 1.165) is 30.8 Å². The van der Waals surface area contributed by atoms with Crippen LogP contribution in [0.5, 0.6) is 0 Å². The number of ether oxygens (including phenoxy) is 1. The molecule has 6 heteroatoms. The minimum atomic E-state index is -0.0605. The number of morpholine rings is 1. The Bertz CT molecular complexity index is 757. The second-order valence-corrected chi connectivity index (χ2v) is 6.76. The van der Waals surface area contributed by atoms with Gasteiger partial charge in [-0.2, -0.15) is 5.10 Å². The zero-order valence-corrected chi connectivity index (χ0v) is 14.6. The van der Waals surface area contributed by atoms with Crippen molar-refractivity contribution in [3.63, 3.8) is 0 Å². The summed E-state index contributed by atoms with van der Waals surface area (Å²) >= 11 is 0. The van der Waals surface area contributed by atoms with Crippen molar-refractivity contribution in [2.45, 2.75) is 25.8 Å². The monoisotopic (exact) mass is 340 g/mol. The van der Waals surface area contributed by atoms with Gasteiger partial charge in [-0.3, -0.25) is 9.89 Å². The molecule has 1 atom stereocenters. The molecule has 2 aliphatic heterocycles. The third-order valence-corrected chi connectivity index (χ3v) is 5.23. The van der Waals surface area contributed by atoms with E-state index in [1.807, 2.05) is 11.8 Å². The first kappa shape index (κ1) is 16.1. The molecular formula is C19H24N4O2. The maximum absolute atomic E-state index is 12.9. The molecule has 2 aromatic rings. The van der Waals surface area contributed by atoms with E-state index >= 15 is 0 Å². The van der Waals surface area contributed by atoms with Crippen molar-refractivity contribution in [3.8, 4) is 0 Å². The molecule has 1 aromatic carbocycles. The van der Waals surface area contributed by atoms with E-state index < -0.39 is 0 Å². The summed E-state index contributed by atoms with van der Waals surface area (Å²) in [5, 5.41) is 7.13. The van der Waals surface area contributed by atoms with Gasteiger partial charge in [0.15, 0.2) is 0 Å². The van der Waals surface area contributed by atoms with Gasteiger partial charge in [-0.1, -0.05) is 18.2 Å². The molecule has 2 aliphatic rings. The summed E-state index contributed by atoms with van der Waals surface area (Å²) in [7, 11) is 0. The number of para-hydroxylation sites is 1. The number of aromatic amines is 1. The van der Waals surface area contributed by atoms with Crippen molar-refractivity contribution in [2.75, 3.05) is 37.7 Å². The second-order valence-electron chi connectivity index (χ2n) is 6.76. The Morgan fingerprint density at radius 2 is 2.24 bits per heavy atom. The number of anilines is 1. The van der Waals surface area contributed by atoms with Gasteiger partial charge in [0.1, 0.15) is 0 Å². The molecule has 6 nitrogen and oxygen atoms in total. The number of aryl methyl sites for hydroxylation is 1. The Kier molecular flexibility index (Phi) is 4.44. The van der Waals surface area contributed by atoms with Gasteiger partial charge in [-0.05, 0) is 30.5 Å². The SMILES string of the molecule is Cc1cn[nH]c1C1COCCN1C(=O)CCN1CCc2ccccc21. The van der Waals surface area contributed by atoms with E-state index in [-0.39, 0.29) is 11.9 Å². The van der Waals surface area contributed by atoms with Crippen molar-refractivity contribution in [2.24, 2.45) is 0 Å². The van der Waals surface area contributed by atoms with Crippen LogP contribution in [0.1, 0.15) is 29.3 Å². The lowest BCUT2D eigenvalue weighted by Crippen LogP contribution is -2.44. The van der Waals surface area contributed by atoms with Crippen LogP contribution in [0, 0.1) is 6.92 Å². The zero-order valence-electron chi connectivity index (χ0n) is 14.6. The van der Waals surface area contributed by atoms with E-state index in [1.165, 1.54) is 11.3 Å². The van der Waals surface area contributed by atoms with E-state index in [2.05, 4.69) is 39.4 Å². The minimum Gasteiger partial charge on any atom is -0.377 e. The van der Waals surface area contributed by atoms with E-state index in [0.29, 0.717) is 26.2 Å². The fraction of sp³-hybridized carbons (Fsp3) is 0.474. The quantitative estimate of drug-likeness (QED) is 0.926. The summed E-state index contributed by atoms with van der Waals surface area (Å²) in [4.78, 5) is 17.2. The van der Waals surface area contributed by atoms with Crippen LogP contribution in [0.15, 0.2) is 30.5 Å². The van der Waals surface area contributed by atoms with Gasteiger partial charge in [0.05, 0.1) is 31.1 Å². The highest BCUT2D eigenvalue weighted by molar-refractivity contribution is 5.77. The van der Waals surface area contributed by atoms with Crippen molar-refractivity contribution in [1.82, 2.24) is 15.1 Å². The van der Waals surface area contributed by atoms with Crippen LogP contribution in [-0.2, 0) is 16.0 Å². The molecule has 0 radical (unpaired) electrons. The summed E-state index contributed by atoms with van der Waals surface area (Å²) in [6.07, 6.45) is 3.39. The highest BCUT2D eigenvalue weighted by atomic mass is 16.5. The van der Waals surface area contributed by atoms with Crippen molar-refractivity contribution >= 4 is 11.6 Å².